The summed E-state index contributed by atoms with van der Waals surface area (Å²) in [7, 11) is 0. The van der Waals surface area contributed by atoms with Gasteiger partial charge in [-0.25, -0.2) is 0 Å². The Kier molecular flexibility index (Phi) is 5.73. The molecule has 0 saturated heterocycles. The molecule has 30 heavy (non-hydrogen) atoms. The van der Waals surface area contributed by atoms with Crippen LogP contribution in [-0.2, 0) is 13.2 Å². The molecule has 2 aromatic heterocycles. The molecule has 0 bridgehead atoms. The van der Waals surface area contributed by atoms with Crippen molar-refractivity contribution < 1.29 is 13.6 Å². The van der Waals surface area contributed by atoms with E-state index in [-0.39, 0.29) is 24.1 Å². The lowest BCUT2D eigenvalue weighted by atomic mass is 10.2. The number of nitrogens with zero attached hydrogens (tertiary/aromatic N) is 2. The number of ether oxygens (including phenoxy) is 1. The van der Waals surface area contributed by atoms with Gasteiger partial charge < -0.3 is 18.9 Å². The first-order valence-corrected chi connectivity index (χ1v) is 9.67. The number of nitriles is 1. The normalized spacial score (nSPS) is 10.6. The minimum absolute atomic E-state index is 0.144. The van der Waals surface area contributed by atoms with Gasteiger partial charge in [-0.15, -0.1) is 0 Å². The summed E-state index contributed by atoms with van der Waals surface area (Å²) < 4.78 is 17.2. The highest BCUT2D eigenvalue weighted by atomic mass is 35.5. The second-order valence-electron chi connectivity index (χ2n) is 6.62. The Morgan fingerprint density at radius 3 is 2.77 bits per heavy atom. The highest BCUT2D eigenvalue weighted by molar-refractivity contribution is 6.31. The number of furan rings is 1. The lowest BCUT2D eigenvalue weighted by Crippen LogP contribution is -2.00. The molecule has 0 amide bonds. The second-order valence-corrected chi connectivity index (χ2v) is 7.03. The minimum atomic E-state index is 0.144. The number of benzene rings is 2. The maximum Gasteiger partial charge on any atom is 0.266 e. The molecule has 4 aromatic rings. The van der Waals surface area contributed by atoms with Crippen molar-refractivity contribution in [1.82, 2.24) is 4.98 Å². The average molecular weight is 420 g/mol. The Morgan fingerprint density at radius 2 is 1.97 bits per heavy atom. The van der Waals surface area contributed by atoms with Crippen molar-refractivity contribution in [1.29, 1.82) is 5.26 Å². The number of halogens is 1. The molecule has 0 spiro atoms. The van der Waals surface area contributed by atoms with Crippen LogP contribution in [0.1, 0.15) is 22.6 Å². The molecule has 7 heteroatoms. The topological polar surface area (TPSA) is 84.2 Å². The Bertz CT molecular complexity index is 1210. The first-order valence-electron chi connectivity index (χ1n) is 9.29. The van der Waals surface area contributed by atoms with E-state index in [1.807, 2.05) is 55.5 Å². The third kappa shape index (κ3) is 4.48. The Hall–Kier alpha value is -3.69. The van der Waals surface area contributed by atoms with E-state index in [1.54, 1.807) is 18.2 Å². The quantitative estimate of drug-likeness (QED) is 0.398. The van der Waals surface area contributed by atoms with E-state index >= 15 is 0 Å². The third-order valence-electron chi connectivity index (χ3n) is 4.37. The highest BCUT2D eigenvalue weighted by Crippen LogP contribution is 2.28. The van der Waals surface area contributed by atoms with Gasteiger partial charge >= 0.3 is 0 Å². The molecule has 150 valence electrons. The van der Waals surface area contributed by atoms with Crippen LogP contribution in [0.5, 0.6) is 5.75 Å². The second kappa shape index (κ2) is 8.76. The van der Waals surface area contributed by atoms with E-state index in [0.29, 0.717) is 23.1 Å². The SMILES string of the molecule is Cc1cccc(OCc2ccc(-c3nc(C#N)c(NCc4ccccc4Cl)o3)o2)c1. The van der Waals surface area contributed by atoms with Gasteiger partial charge in [-0.2, -0.15) is 10.2 Å². The standard InChI is InChI=1S/C23H18ClN3O3/c1-15-5-4-7-17(11-15)28-14-18-9-10-21(29-18)23-27-20(12-25)22(30-23)26-13-16-6-2-3-8-19(16)24/h2-11,26H,13-14H2,1H3. The van der Waals surface area contributed by atoms with Crippen LogP contribution in [0.15, 0.2) is 69.5 Å². The summed E-state index contributed by atoms with van der Waals surface area (Å²) in [6.07, 6.45) is 0. The van der Waals surface area contributed by atoms with E-state index in [1.165, 1.54) is 0 Å². The summed E-state index contributed by atoms with van der Waals surface area (Å²) in [6, 6.07) is 20.8. The van der Waals surface area contributed by atoms with E-state index in [0.717, 1.165) is 16.9 Å². The minimum Gasteiger partial charge on any atom is -0.486 e. The zero-order valence-electron chi connectivity index (χ0n) is 16.2. The van der Waals surface area contributed by atoms with Crippen molar-refractivity contribution in [3.05, 3.63) is 88.3 Å². The molecule has 1 N–H and O–H groups in total. The van der Waals surface area contributed by atoms with E-state index < -0.39 is 0 Å². The first-order chi connectivity index (χ1) is 14.6. The predicted molar refractivity (Wildman–Crippen MR) is 113 cm³/mol. The summed E-state index contributed by atoms with van der Waals surface area (Å²) in [5.74, 6) is 2.28. The van der Waals surface area contributed by atoms with Crippen molar-refractivity contribution >= 4 is 17.5 Å². The lowest BCUT2D eigenvalue weighted by Gasteiger charge is -2.05. The number of anilines is 1. The van der Waals surface area contributed by atoms with Gasteiger partial charge in [0.2, 0.25) is 11.6 Å². The van der Waals surface area contributed by atoms with Gasteiger partial charge in [0.25, 0.3) is 5.89 Å². The summed E-state index contributed by atoms with van der Waals surface area (Å²) >= 11 is 6.17. The predicted octanol–water partition coefficient (Wildman–Crippen LogP) is 5.96. The van der Waals surface area contributed by atoms with E-state index in [2.05, 4.69) is 10.3 Å². The molecule has 4 rings (SSSR count). The van der Waals surface area contributed by atoms with Gasteiger partial charge in [0, 0.05) is 11.6 Å². The molecule has 0 aliphatic carbocycles. The zero-order chi connectivity index (χ0) is 20.9. The van der Waals surface area contributed by atoms with Gasteiger partial charge in [-0.3, -0.25) is 0 Å². The molecule has 2 heterocycles. The van der Waals surface area contributed by atoms with Crippen molar-refractivity contribution in [2.45, 2.75) is 20.1 Å². The van der Waals surface area contributed by atoms with Gasteiger partial charge in [0.15, 0.2) is 5.76 Å². The van der Waals surface area contributed by atoms with Crippen LogP contribution in [0, 0.1) is 18.3 Å². The van der Waals surface area contributed by atoms with Crippen LogP contribution in [0.4, 0.5) is 5.88 Å². The van der Waals surface area contributed by atoms with Crippen molar-refractivity contribution in [3.8, 4) is 23.5 Å². The molecule has 0 atom stereocenters. The Morgan fingerprint density at radius 1 is 1.10 bits per heavy atom. The van der Waals surface area contributed by atoms with E-state index in [4.69, 9.17) is 25.2 Å². The molecule has 2 aromatic carbocycles. The molecule has 0 radical (unpaired) electrons. The maximum absolute atomic E-state index is 9.38. The summed E-state index contributed by atoms with van der Waals surface area (Å²) in [6.45, 7) is 2.67. The van der Waals surface area contributed by atoms with Crippen LogP contribution in [0.2, 0.25) is 5.02 Å². The molecule has 0 unspecified atom stereocenters. The number of hydrogen-bond donors (Lipinski definition) is 1. The lowest BCUT2D eigenvalue weighted by molar-refractivity contribution is 0.271. The van der Waals surface area contributed by atoms with Crippen LogP contribution in [0.25, 0.3) is 11.7 Å². The molecule has 0 saturated carbocycles. The fourth-order valence-corrected chi connectivity index (χ4v) is 3.07. The summed E-state index contributed by atoms with van der Waals surface area (Å²) in [5.41, 5.74) is 2.15. The number of rotatable bonds is 7. The van der Waals surface area contributed by atoms with E-state index in [9.17, 15) is 5.26 Å². The maximum atomic E-state index is 9.38. The van der Waals surface area contributed by atoms with Crippen LogP contribution >= 0.6 is 11.6 Å². The summed E-state index contributed by atoms with van der Waals surface area (Å²) in [4.78, 5) is 4.22. The van der Waals surface area contributed by atoms with Crippen molar-refractivity contribution in [2.24, 2.45) is 0 Å². The van der Waals surface area contributed by atoms with Crippen molar-refractivity contribution in [2.75, 3.05) is 5.32 Å². The smallest absolute Gasteiger partial charge is 0.266 e. The van der Waals surface area contributed by atoms with Crippen molar-refractivity contribution in [3.63, 3.8) is 0 Å². The van der Waals surface area contributed by atoms with Gasteiger partial charge in [-0.05, 0) is 48.4 Å². The summed E-state index contributed by atoms with van der Waals surface area (Å²) in [5, 5.41) is 13.1. The molecule has 6 nitrogen and oxygen atoms in total. The number of aromatic nitrogens is 1. The number of hydrogen-bond acceptors (Lipinski definition) is 6. The number of aryl methyl sites for hydroxylation is 1. The van der Waals surface area contributed by atoms with Gasteiger partial charge in [0.1, 0.15) is 24.2 Å². The van der Waals surface area contributed by atoms with Gasteiger partial charge in [0.05, 0.1) is 0 Å². The van der Waals surface area contributed by atoms with Crippen LogP contribution in [0.3, 0.4) is 0 Å². The Balaban J connectivity index is 1.45. The molecule has 0 fully saturated rings. The monoisotopic (exact) mass is 419 g/mol. The number of oxazole rings is 1. The molecule has 0 aliphatic rings. The fraction of sp³-hybridized carbons (Fsp3) is 0.130. The first kappa shape index (κ1) is 19.6. The number of nitrogens with one attached hydrogen (secondary N) is 1. The molecular weight excluding hydrogens is 402 g/mol. The highest BCUT2D eigenvalue weighted by Gasteiger charge is 2.17. The van der Waals surface area contributed by atoms with Crippen LogP contribution < -0.4 is 10.1 Å². The molecule has 0 aliphatic heterocycles. The largest absolute Gasteiger partial charge is 0.486 e. The van der Waals surface area contributed by atoms with Gasteiger partial charge in [-0.1, -0.05) is 41.9 Å². The third-order valence-corrected chi connectivity index (χ3v) is 4.74. The zero-order valence-corrected chi connectivity index (χ0v) is 16.9. The van der Waals surface area contributed by atoms with Crippen LogP contribution in [-0.4, -0.2) is 4.98 Å². The average Bonchev–Trinajstić information content (AvgIpc) is 3.38. The molecular formula is C23H18ClN3O3. The fourth-order valence-electron chi connectivity index (χ4n) is 2.87. The Labute approximate surface area is 178 Å².